The van der Waals surface area contributed by atoms with Gasteiger partial charge in [-0.3, -0.25) is 0 Å². The van der Waals surface area contributed by atoms with Crippen molar-refractivity contribution in [2.45, 2.75) is 0 Å². The molecule has 0 aliphatic carbocycles. The molecular weight excluding hydrogens is 972 g/mol. The average Bonchev–Trinajstić information content (AvgIpc) is 3.73. The Bertz CT molecular complexity index is 2940. The standard InChI is InChI=1S/2C33H28P2.Mn/c2*1-5-17-30(18-6-1)34(31-19-7-2-8-20-31)25-28-15-13-14-16-29(28)26-35(27-34,32-21-9-3-10-22-32)33-23-11-4-12-24-33;/h2*1-26H,27H2;. The van der Waals surface area contributed by atoms with E-state index in [1.807, 2.05) is 0 Å². The van der Waals surface area contributed by atoms with Gasteiger partial charge in [-0.25, -0.2) is 0 Å². The van der Waals surface area contributed by atoms with Crippen molar-refractivity contribution in [3.63, 3.8) is 0 Å². The predicted molar refractivity (Wildman–Crippen MR) is 320 cm³/mol. The molecule has 2 aliphatic heterocycles. The molecule has 1 radical (unpaired) electrons. The molecule has 10 aromatic rings. The number of fused-ring (bicyclic) bond motifs is 2. The van der Waals surface area contributed by atoms with Crippen LogP contribution in [0.15, 0.2) is 291 Å². The molecule has 2 aliphatic rings. The minimum absolute atomic E-state index is 0. The van der Waals surface area contributed by atoms with E-state index in [2.05, 4.69) is 314 Å². The van der Waals surface area contributed by atoms with E-state index in [0.717, 1.165) is 11.8 Å². The Morgan fingerprint density at radius 1 is 0.169 bits per heavy atom. The average molecular weight is 1030 g/mol. The topological polar surface area (TPSA) is 0 Å². The van der Waals surface area contributed by atoms with Gasteiger partial charge in [0.2, 0.25) is 0 Å². The van der Waals surface area contributed by atoms with Crippen LogP contribution >= 0.6 is 27.5 Å². The fraction of sp³-hybridized carbons (Fsp3) is 0.0303. The number of hydrogen-bond acceptors (Lipinski definition) is 0. The quantitative estimate of drug-likeness (QED) is 0.105. The van der Waals surface area contributed by atoms with E-state index >= 15 is 0 Å². The summed E-state index contributed by atoms with van der Waals surface area (Å²) in [6, 6.07) is 108. The van der Waals surface area contributed by atoms with E-state index in [4.69, 9.17) is 0 Å². The first-order valence-corrected chi connectivity index (χ1v) is 32.4. The fourth-order valence-electron chi connectivity index (χ4n) is 10.7. The van der Waals surface area contributed by atoms with Crippen molar-refractivity contribution in [3.05, 3.63) is 313 Å². The molecule has 0 fully saturated rings. The van der Waals surface area contributed by atoms with Crippen molar-refractivity contribution in [2.75, 3.05) is 11.8 Å². The molecule has 5 heteroatoms. The van der Waals surface area contributed by atoms with E-state index in [9.17, 15) is 0 Å². The molecule has 0 saturated heterocycles. The molecule has 0 unspecified atom stereocenters. The Kier molecular flexibility index (Phi) is 14.9. The summed E-state index contributed by atoms with van der Waals surface area (Å²) in [6.45, 7) is -7.72. The molecule has 12 rings (SSSR count). The van der Waals surface area contributed by atoms with Crippen molar-refractivity contribution >= 4 is 93.2 Å². The van der Waals surface area contributed by atoms with Crippen LogP contribution in [0.3, 0.4) is 0 Å². The van der Waals surface area contributed by atoms with Crippen molar-refractivity contribution in [3.8, 4) is 0 Å². The first kappa shape index (κ1) is 48.5. The largest absolute Gasteiger partial charge is 0.0622 e. The SMILES string of the molecule is C1=P(c2ccccc2)(c2ccccc2)CP(c2ccccc2)(c2ccccc2)=Cc2ccccc21.C1=P(c2ccccc2)(c2ccccc2)CP(c2ccccc2)(c2ccccc2)=Cc2ccccc21.[Mn]. The number of hydrogen-bond donors (Lipinski definition) is 0. The molecule has 0 amide bonds. The van der Waals surface area contributed by atoms with E-state index in [0.29, 0.717) is 0 Å². The van der Waals surface area contributed by atoms with E-state index in [-0.39, 0.29) is 17.1 Å². The normalized spacial score (nSPS) is 15.4. The second-order valence-corrected chi connectivity index (χ2v) is 32.6. The summed E-state index contributed by atoms with van der Waals surface area (Å²) in [5.74, 6) is 12.8. The van der Waals surface area contributed by atoms with Crippen molar-refractivity contribution in [1.82, 2.24) is 0 Å². The Hall–Kier alpha value is -6.08. The molecule has 0 bridgehead atoms. The van der Waals surface area contributed by atoms with Gasteiger partial charge in [0.15, 0.2) is 0 Å². The van der Waals surface area contributed by atoms with Crippen LogP contribution < -0.4 is 42.4 Å². The molecule has 0 aromatic heterocycles. The van der Waals surface area contributed by atoms with Crippen LogP contribution in [0.25, 0.3) is 0 Å². The van der Waals surface area contributed by atoms with Gasteiger partial charge in [0.05, 0.1) is 0 Å². The molecule has 347 valence electrons. The van der Waals surface area contributed by atoms with Crippen molar-refractivity contribution in [2.24, 2.45) is 0 Å². The minimum Gasteiger partial charge on any atom is -0.0622 e. The Balaban J connectivity index is 0.000000162. The zero-order chi connectivity index (χ0) is 47.1. The Morgan fingerprint density at radius 2 is 0.296 bits per heavy atom. The third-order valence-electron chi connectivity index (χ3n) is 14.1. The molecule has 10 aromatic carbocycles. The fourth-order valence-corrected chi connectivity index (χ4v) is 33.7. The second kappa shape index (κ2) is 21.7. The third-order valence-corrected chi connectivity index (χ3v) is 33.8. The van der Waals surface area contributed by atoms with Gasteiger partial charge in [-0.15, -0.1) is 0 Å². The Labute approximate surface area is 432 Å². The monoisotopic (exact) mass is 1030 g/mol. The van der Waals surface area contributed by atoms with Gasteiger partial charge in [-0.2, -0.15) is 0 Å². The maximum absolute atomic E-state index is 2.65. The first-order chi connectivity index (χ1) is 34.6. The summed E-state index contributed by atoms with van der Waals surface area (Å²) >= 11 is 0. The summed E-state index contributed by atoms with van der Waals surface area (Å²) in [5, 5.41) is 11.6. The van der Waals surface area contributed by atoms with Crippen LogP contribution in [0.4, 0.5) is 0 Å². The molecule has 0 spiro atoms. The first-order valence-electron chi connectivity index (χ1n) is 24.2. The summed E-state index contributed by atoms with van der Waals surface area (Å²) in [5.41, 5.74) is 5.40. The molecule has 0 atom stereocenters. The van der Waals surface area contributed by atoms with Gasteiger partial charge in [0, 0.05) is 28.9 Å². The second-order valence-electron chi connectivity index (χ2n) is 18.2. The molecule has 71 heavy (non-hydrogen) atoms. The van der Waals surface area contributed by atoms with Crippen molar-refractivity contribution < 1.29 is 17.1 Å². The summed E-state index contributed by atoms with van der Waals surface area (Å²) in [7, 11) is 0. The van der Waals surface area contributed by atoms with Gasteiger partial charge in [-0.1, -0.05) is 291 Å². The molecular formula is C66H56MnP4. The third kappa shape index (κ3) is 9.58. The minimum atomic E-state index is -1.93. The van der Waals surface area contributed by atoms with E-state index in [1.54, 1.807) is 0 Å². The van der Waals surface area contributed by atoms with Crippen LogP contribution in [-0.4, -0.2) is 35.0 Å². The van der Waals surface area contributed by atoms with Crippen LogP contribution in [-0.2, 0) is 17.1 Å². The maximum Gasteiger partial charge on any atom is 0.00282 e. The van der Waals surface area contributed by atoms with Gasteiger partial charge in [-0.05, 0) is 115 Å². The van der Waals surface area contributed by atoms with Crippen LogP contribution in [0.1, 0.15) is 22.3 Å². The molecule has 0 N–H and O–H groups in total. The summed E-state index contributed by atoms with van der Waals surface area (Å²) < 4.78 is 0. The Morgan fingerprint density at radius 3 is 0.437 bits per heavy atom. The zero-order valence-electron chi connectivity index (χ0n) is 39.6. The van der Waals surface area contributed by atoms with Gasteiger partial charge in [0.1, 0.15) is 0 Å². The van der Waals surface area contributed by atoms with Crippen LogP contribution in [0.5, 0.6) is 0 Å². The van der Waals surface area contributed by atoms with Gasteiger partial charge >= 0.3 is 0 Å². The van der Waals surface area contributed by atoms with Gasteiger partial charge in [0.25, 0.3) is 0 Å². The smallest absolute Gasteiger partial charge is 0.00282 e. The zero-order valence-corrected chi connectivity index (χ0v) is 44.4. The molecule has 0 nitrogen and oxygen atoms in total. The van der Waals surface area contributed by atoms with Gasteiger partial charge < -0.3 is 0 Å². The summed E-state index contributed by atoms with van der Waals surface area (Å²) in [4.78, 5) is 0. The van der Waals surface area contributed by atoms with Crippen LogP contribution in [0, 0.1) is 0 Å². The summed E-state index contributed by atoms with van der Waals surface area (Å²) in [6.07, 6.45) is 0. The number of benzene rings is 10. The molecule has 0 saturated carbocycles. The maximum atomic E-state index is 2.65. The van der Waals surface area contributed by atoms with Crippen LogP contribution in [0.2, 0.25) is 0 Å². The van der Waals surface area contributed by atoms with E-state index < -0.39 is 27.5 Å². The van der Waals surface area contributed by atoms with E-state index in [1.165, 1.54) is 64.7 Å². The van der Waals surface area contributed by atoms with Crippen molar-refractivity contribution in [1.29, 1.82) is 0 Å². The predicted octanol–water partition coefficient (Wildman–Crippen LogP) is 12.6. The molecule has 2 heterocycles. The number of rotatable bonds is 8.